The normalized spacial score (nSPS) is 7.25. The fraction of sp³-hybridized carbons (Fsp3) is 0.667. The van der Waals surface area contributed by atoms with Gasteiger partial charge in [-0.3, -0.25) is 0 Å². The molecule has 0 bridgehead atoms. The van der Waals surface area contributed by atoms with E-state index in [1.54, 1.807) is 6.92 Å². The van der Waals surface area contributed by atoms with Gasteiger partial charge >= 0.3 is 12.3 Å². The van der Waals surface area contributed by atoms with Crippen LogP contribution in [0.2, 0.25) is 0 Å². The zero-order chi connectivity index (χ0) is 9.98. The monoisotopic (exact) mass is 180 g/mol. The van der Waals surface area contributed by atoms with Crippen LogP contribution in [0.25, 0.3) is 0 Å². The van der Waals surface area contributed by atoms with E-state index in [0.717, 1.165) is 7.11 Å². The minimum absolute atomic E-state index is 0.368. The molecule has 0 saturated heterocycles. The van der Waals surface area contributed by atoms with Gasteiger partial charge < -0.3 is 19.3 Å². The van der Waals surface area contributed by atoms with Crippen LogP contribution in [0, 0.1) is 0 Å². The van der Waals surface area contributed by atoms with Crippen molar-refractivity contribution >= 4 is 12.3 Å². The number of carbonyl (C=O) groups is 2. The van der Waals surface area contributed by atoms with E-state index in [0.29, 0.717) is 6.61 Å². The number of ether oxygens (including phenoxy) is 3. The number of methoxy groups -OCH3 is 2. The Hall–Kier alpha value is -1.46. The topological polar surface area (TPSA) is 82.1 Å². The van der Waals surface area contributed by atoms with Crippen molar-refractivity contribution in [3.8, 4) is 0 Å². The summed E-state index contributed by atoms with van der Waals surface area (Å²) < 4.78 is 12.1. The summed E-state index contributed by atoms with van der Waals surface area (Å²) in [6.07, 6.45) is -1.87. The van der Waals surface area contributed by atoms with Gasteiger partial charge in [-0.15, -0.1) is 0 Å². The van der Waals surface area contributed by atoms with Gasteiger partial charge in [0.05, 0.1) is 20.8 Å². The van der Waals surface area contributed by atoms with Gasteiger partial charge in [0.25, 0.3) is 0 Å². The lowest BCUT2D eigenvalue weighted by atomic mass is 10.9. The van der Waals surface area contributed by atoms with Crippen molar-refractivity contribution in [1.82, 2.24) is 0 Å². The third kappa shape index (κ3) is 15.8. The highest BCUT2D eigenvalue weighted by atomic mass is 16.7. The molecule has 0 aromatic carbocycles. The fourth-order valence-corrected chi connectivity index (χ4v) is 0.177. The smallest absolute Gasteiger partial charge is 0.450 e. The Bertz CT molecular complexity index is 132. The maximum Gasteiger partial charge on any atom is 0.507 e. The molecule has 72 valence electrons. The molecule has 0 atom stereocenters. The molecule has 0 saturated carbocycles. The number of hydrogen-bond donors (Lipinski definition) is 1. The molecule has 0 amide bonds. The first-order valence-corrected chi connectivity index (χ1v) is 3.06. The second-order valence-electron chi connectivity index (χ2n) is 1.36. The Labute approximate surface area is 70.0 Å². The molecule has 0 aliphatic carbocycles. The summed E-state index contributed by atoms with van der Waals surface area (Å²) in [5, 5.41) is 7.50. The minimum atomic E-state index is -1.25. The maximum atomic E-state index is 9.97. The van der Waals surface area contributed by atoms with E-state index in [9.17, 15) is 4.79 Å². The van der Waals surface area contributed by atoms with Crippen LogP contribution in [0.1, 0.15) is 6.92 Å². The van der Waals surface area contributed by atoms with E-state index in [4.69, 9.17) is 9.90 Å². The van der Waals surface area contributed by atoms with E-state index < -0.39 is 12.3 Å². The van der Waals surface area contributed by atoms with Gasteiger partial charge in [-0.05, 0) is 6.92 Å². The highest BCUT2D eigenvalue weighted by Gasteiger charge is 1.92. The Kier molecular flexibility index (Phi) is 10.5. The van der Waals surface area contributed by atoms with E-state index >= 15 is 0 Å². The van der Waals surface area contributed by atoms with Crippen LogP contribution >= 0.6 is 0 Å². The molecule has 0 radical (unpaired) electrons. The maximum absolute atomic E-state index is 9.97. The molecule has 0 aromatic rings. The van der Waals surface area contributed by atoms with Gasteiger partial charge in [-0.2, -0.15) is 0 Å². The van der Waals surface area contributed by atoms with E-state index in [2.05, 4.69) is 14.2 Å². The highest BCUT2D eigenvalue weighted by Crippen LogP contribution is 1.77. The van der Waals surface area contributed by atoms with Crippen LogP contribution in [0.4, 0.5) is 9.59 Å². The second-order valence-corrected chi connectivity index (χ2v) is 1.36. The van der Waals surface area contributed by atoms with Gasteiger partial charge in [-0.1, -0.05) is 0 Å². The average Bonchev–Trinajstić information content (AvgIpc) is 2.06. The summed E-state index contributed by atoms with van der Waals surface area (Å²) >= 11 is 0. The third-order valence-corrected chi connectivity index (χ3v) is 0.603. The van der Waals surface area contributed by atoms with Crippen molar-refractivity contribution in [2.45, 2.75) is 6.92 Å². The van der Waals surface area contributed by atoms with Crippen LogP contribution in [-0.2, 0) is 14.2 Å². The van der Waals surface area contributed by atoms with Gasteiger partial charge in [0, 0.05) is 0 Å². The zero-order valence-corrected chi connectivity index (χ0v) is 7.20. The predicted octanol–water partition coefficient (Wildman–Crippen LogP) is 1.10. The Morgan fingerprint density at radius 1 is 1.25 bits per heavy atom. The Balaban J connectivity index is 0. The molecule has 0 aliphatic heterocycles. The fourth-order valence-electron chi connectivity index (χ4n) is 0.177. The predicted molar refractivity (Wildman–Crippen MR) is 39.1 cm³/mol. The molecular formula is C6H12O6. The molecule has 6 heteroatoms. The van der Waals surface area contributed by atoms with E-state index in [1.165, 1.54) is 7.11 Å². The largest absolute Gasteiger partial charge is 0.507 e. The van der Waals surface area contributed by atoms with Crippen molar-refractivity contribution in [1.29, 1.82) is 0 Å². The molecule has 0 spiro atoms. The van der Waals surface area contributed by atoms with Crippen LogP contribution in [0.15, 0.2) is 0 Å². The van der Waals surface area contributed by atoms with Crippen LogP contribution < -0.4 is 0 Å². The van der Waals surface area contributed by atoms with Crippen molar-refractivity contribution in [2.24, 2.45) is 0 Å². The molecule has 0 fully saturated rings. The average molecular weight is 180 g/mol. The second kappa shape index (κ2) is 9.54. The number of carboxylic acid groups (broad SMARTS) is 1. The van der Waals surface area contributed by atoms with Crippen molar-refractivity contribution in [3.63, 3.8) is 0 Å². The van der Waals surface area contributed by atoms with Gasteiger partial charge in [0.1, 0.15) is 0 Å². The first-order chi connectivity index (χ1) is 5.58. The first-order valence-electron chi connectivity index (χ1n) is 3.06. The van der Waals surface area contributed by atoms with E-state index in [1.807, 2.05) is 0 Å². The van der Waals surface area contributed by atoms with Crippen LogP contribution in [0.5, 0.6) is 0 Å². The molecule has 12 heavy (non-hydrogen) atoms. The Morgan fingerprint density at radius 2 is 1.67 bits per heavy atom. The molecule has 0 unspecified atom stereocenters. The van der Waals surface area contributed by atoms with Crippen LogP contribution in [0.3, 0.4) is 0 Å². The third-order valence-electron chi connectivity index (χ3n) is 0.603. The van der Waals surface area contributed by atoms with Gasteiger partial charge in [0.15, 0.2) is 0 Å². The molecular weight excluding hydrogens is 168 g/mol. The van der Waals surface area contributed by atoms with Gasteiger partial charge in [-0.25, -0.2) is 9.59 Å². The summed E-state index contributed by atoms with van der Waals surface area (Å²) in [5.74, 6) is 0. The zero-order valence-electron chi connectivity index (χ0n) is 7.20. The molecule has 0 rings (SSSR count). The molecule has 0 heterocycles. The molecule has 1 N–H and O–H groups in total. The number of hydrogen-bond acceptors (Lipinski definition) is 5. The first kappa shape index (κ1) is 13.2. The molecule has 6 nitrogen and oxygen atoms in total. The summed E-state index contributed by atoms with van der Waals surface area (Å²) in [6, 6.07) is 0. The number of rotatable bonds is 1. The summed E-state index contributed by atoms with van der Waals surface area (Å²) in [5.41, 5.74) is 0. The molecule has 0 aromatic heterocycles. The minimum Gasteiger partial charge on any atom is -0.450 e. The lowest BCUT2D eigenvalue weighted by Gasteiger charge is -1.94. The lowest BCUT2D eigenvalue weighted by Crippen LogP contribution is -2.02. The lowest BCUT2D eigenvalue weighted by molar-refractivity contribution is 0.0771. The summed E-state index contributed by atoms with van der Waals surface area (Å²) in [7, 11) is 2.38. The van der Waals surface area contributed by atoms with Gasteiger partial charge in [0.2, 0.25) is 0 Å². The SMILES string of the molecule is CCOC(=O)OC.COC(=O)O. The van der Waals surface area contributed by atoms with Crippen molar-refractivity contribution in [2.75, 3.05) is 20.8 Å². The van der Waals surface area contributed by atoms with Crippen molar-refractivity contribution in [3.05, 3.63) is 0 Å². The number of carbonyl (C=O) groups excluding carboxylic acids is 1. The Morgan fingerprint density at radius 3 is 1.75 bits per heavy atom. The summed E-state index contributed by atoms with van der Waals surface area (Å²) in [6.45, 7) is 2.09. The van der Waals surface area contributed by atoms with E-state index in [-0.39, 0.29) is 0 Å². The highest BCUT2D eigenvalue weighted by molar-refractivity contribution is 5.59. The standard InChI is InChI=1S/C4H8O3.C2H4O3/c1-3-7-4(5)6-2;1-5-2(3)4/h3H2,1-2H3;1H3,(H,3,4). The molecule has 0 aliphatic rings. The quantitative estimate of drug-likeness (QED) is 0.608. The van der Waals surface area contributed by atoms with Crippen molar-refractivity contribution < 1.29 is 28.9 Å². The van der Waals surface area contributed by atoms with Crippen LogP contribution in [-0.4, -0.2) is 38.2 Å². The summed E-state index contributed by atoms with van der Waals surface area (Å²) in [4.78, 5) is 19.1.